The summed E-state index contributed by atoms with van der Waals surface area (Å²) in [5.74, 6) is 0. The molecule has 14 heavy (non-hydrogen) atoms. The third-order valence-electron chi connectivity index (χ3n) is 1.75. The number of rotatable bonds is 0. The zero-order valence-corrected chi connectivity index (χ0v) is 8.94. The average Bonchev–Trinajstić information content (AvgIpc) is 2.10. The van der Waals surface area contributed by atoms with Crippen molar-refractivity contribution in [1.29, 1.82) is 0 Å². The van der Waals surface area contributed by atoms with Gasteiger partial charge in [-0.05, 0) is 12.1 Å². The average molecular weight is 252 g/mol. The summed E-state index contributed by atoms with van der Waals surface area (Å²) in [5.41, 5.74) is 2.28. The molecule has 1 aromatic carbocycles. The highest BCUT2D eigenvalue weighted by Crippen LogP contribution is 2.05. The van der Waals surface area contributed by atoms with Crippen molar-refractivity contribution < 1.29 is 0 Å². The van der Waals surface area contributed by atoms with Crippen molar-refractivity contribution in [2.45, 2.75) is 0 Å². The SMILES string of the molecule is [O-][N+]1=c2c(Cl)ccc(Cl)c2=CN(Cl)N1. The van der Waals surface area contributed by atoms with E-state index >= 15 is 0 Å². The third-order valence-corrected chi connectivity index (χ3v) is 2.55. The molecule has 1 heterocycles. The number of hydrazine groups is 2. The summed E-state index contributed by atoms with van der Waals surface area (Å²) < 4.78 is 0.984. The molecule has 1 aliphatic rings. The van der Waals surface area contributed by atoms with Crippen molar-refractivity contribution in [2.75, 3.05) is 0 Å². The molecule has 0 bridgehead atoms. The zero-order chi connectivity index (χ0) is 10.3. The minimum Gasteiger partial charge on any atom is -0.594 e. The topological polar surface area (TPSA) is 41.3 Å². The Bertz CT molecular complexity index is 502. The van der Waals surface area contributed by atoms with E-state index in [1.54, 1.807) is 12.1 Å². The summed E-state index contributed by atoms with van der Waals surface area (Å²) in [7, 11) is 0. The summed E-state index contributed by atoms with van der Waals surface area (Å²) in [4.78, 5) is 0.455. The lowest BCUT2D eigenvalue weighted by molar-refractivity contribution is 0.357. The first-order chi connectivity index (χ1) is 6.59. The minimum atomic E-state index is 0.260. The van der Waals surface area contributed by atoms with Gasteiger partial charge in [0.25, 0.3) is 5.36 Å². The van der Waals surface area contributed by atoms with Crippen LogP contribution in [0.1, 0.15) is 0 Å². The van der Waals surface area contributed by atoms with Crippen LogP contribution in [0, 0.1) is 5.21 Å². The molecule has 2 rings (SSSR count). The van der Waals surface area contributed by atoms with Crippen molar-refractivity contribution >= 4 is 41.2 Å². The van der Waals surface area contributed by atoms with E-state index in [9.17, 15) is 5.21 Å². The highest BCUT2D eigenvalue weighted by molar-refractivity contribution is 6.33. The van der Waals surface area contributed by atoms with Crippen LogP contribution in [0.15, 0.2) is 12.1 Å². The highest BCUT2D eigenvalue weighted by atomic mass is 35.5. The minimum absolute atomic E-state index is 0.260. The Kier molecular flexibility index (Phi) is 2.34. The second-order valence-corrected chi connectivity index (χ2v) is 3.80. The summed E-state index contributed by atoms with van der Waals surface area (Å²) in [5, 5.41) is 12.9. The van der Waals surface area contributed by atoms with Crippen LogP contribution in [0.5, 0.6) is 0 Å². The first kappa shape index (κ1) is 9.71. The van der Waals surface area contributed by atoms with Gasteiger partial charge in [-0.3, -0.25) is 0 Å². The fourth-order valence-electron chi connectivity index (χ4n) is 1.16. The highest BCUT2D eigenvalue weighted by Gasteiger charge is 2.14. The van der Waals surface area contributed by atoms with E-state index in [0.29, 0.717) is 20.1 Å². The Morgan fingerprint density at radius 1 is 1.29 bits per heavy atom. The largest absolute Gasteiger partial charge is 0.594 e. The van der Waals surface area contributed by atoms with Gasteiger partial charge in [0, 0.05) is 11.8 Å². The van der Waals surface area contributed by atoms with Crippen LogP contribution < -0.4 is 21.0 Å². The molecule has 0 aromatic heterocycles. The molecule has 0 saturated heterocycles. The van der Waals surface area contributed by atoms with E-state index in [0.717, 1.165) is 4.53 Å². The van der Waals surface area contributed by atoms with Gasteiger partial charge in [-0.1, -0.05) is 33.6 Å². The molecule has 0 aliphatic carbocycles. The third kappa shape index (κ3) is 1.45. The van der Waals surface area contributed by atoms with Crippen molar-refractivity contribution in [2.24, 2.45) is 0 Å². The lowest BCUT2D eigenvalue weighted by Gasteiger charge is -2.15. The first-order valence-electron chi connectivity index (χ1n) is 3.61. The lowest BCUT2D eigenvalue weighted by atomic mass is 10.3. The van der Waals surface area contributed by atoms with E-state index < -0.39 is 0 Å². The Balaban J connectivity index is 2.94. The molecule has 0 spiro atoms. The molecule has 1 aliphatic heterocycles. The molecule has 0 unspecified atom stereocenters. The molecule has 0 saturated carbocycles. The van der Waals surface area contributed by atoms with E-state index in [1.165, 1.54) is 6.20 Å². The maximum absolute atomic E-state index is 11.4. The molecular weight excluding hydrogens is 248 g/mol. The quantitative estimate of drug-likeness (QED) is 0.418. The summed E-state index contributed by atoms with van der Waals surface area (Å²) >= 11 is 17.3. The van der Waals surface area contributed by atoms with Gasteiger partial charge in [0.05, 0.1) is 16.4 Å². The van der Waals surface area contributed by atoms with Gasteiger partial charge in [0.1, 0.15) is 5.02 Å². The molecule has 0 radical (unpaired) electrons. The number of hydrogen-bond donors (Lipinski definition) is 1. The van der Waals surface area contributed by atoms with Gasteiger partial charge >= 0.3 is 0 Å². The van der Waals surface area contributed by atoms with Crippen LogP contribution in [0.3, 0.4) is 0 Å². The number of nitrogens with one attached hydrogen (secondary N) is 1. The lowest BCUT2D eigenvalue weighted by Crippen LogP contribution is -2.53. The molecule has 7 heteroatoms. The van der Waals surface area contributed by atoms with Crippen molar-refractivity contribution in [3.8, 4) is 0 Å². The van der Waals surface area contributed by atoms with Crippen LogP contribution in [0.4, 0.5) is 0 Å². The predicted molar refractivity (Wildman–Crippen MR) is 55.6 cm³/mol. The number of nitrogens with zero attached hydrogens (tertiary/aromatic N) is 2. The summed E-state index contributed by atoms with van der Waals surface area (Å²) in [6.07, 6.45) is 1.47. The monoisotopic (exact) mass is 251 g/mol. The van der Waals surface area contributed by atoms with Gasteiger partial charge in [0.15, 0.2) is 0 Å². The van der Waals surface area contributed by atoms with Crippen LogP contribution in [0.25, 0.3) is 6.20 Å². The van der Waals surface area contributed by atoms with E-state index in [4.69, 9.17) is 35.0 Å². The predicted octanol–water partition coefficient (Wildman–Crippen LogP) is 0.609. The Hall–Kier alpha value is -0.840. The van der Waals surface area contributed by atoms with Crippen LogP contribution in [-0.2, 0) is 0 Å². The maximum Gasteiger partial charge on any atom is 0.272 e. The number of halogens is 3. The molecule has 74 valence electrons. The molecule has 4 nitrogen and oxygen atoms in total. The normalized spacial score (nSPS) is 14.5. The second-order valence-electron chi connectivity index (χ2n) is 2.63. The molecule has 0 atom stereocenters. The Morgan fingerprint density at radius 2 is 1.93 bits per heavy atom. The van der Waals surface area contributed by atoms with Crippen LogP contribution >= 0.6 is 35.0 Å². The van der Waals surface area contributed by atoms with E-state index in [-0.39, 0.29) is 5.36 Å². The maximum atomic E-state index is 11.4. The standard InChI is InChI=1S/C7H4Cl3N3O/c8-5-1-2-6(9)7-4(5)3-12(10)11-13(7)14/h1-3,11H. The summed E-state index contributed by atoms with van der Waals surface area (Å²) in [6, 6.07) is 3.15. The smallest absolute Gasteiger partial charge is 0.272 e. The van der Waals surface area contributed by atoms with Crippen molar-refractivity contribution in [3.63, 3.8) is 0 Å². The van der Waals surface area contributed by atoms with Crippen molar-refractivity contribution in [3.05, 3.63) is 38.0 Å². The molecule has 1 N–H and O–H groups in total. The van der Waals surface area contributed by atoms with E-state index in [2.05, 4.69) is 5.53 Å². The fourth-order valence-corrected chi connectivity index (χ4v) is 1.77. The molecule has 0 fully saturated rings. The van der Waals surface area contributed by atoms with Gasteiger partial charge in [-0.25, -0.2) is 0 Å². The molecular formula is C7H4Cl3N3O. The number of fused-ring (bicyclic) bond motifs is 1. The van der Waals surface area contributed by atoms with Gasteiger partial charge in [0.2, 0.25) is 0 Å². The molecule has 0 amide bonds. The van der Waals surface area contributed by atoms with Crippen LogP contribution in [0.2, 0.25) is 10.0 Å². The number of hydrogen-bond acceptors (Lipinski definition) is 3. The second kappa shape index (κ2) is 3.38. The first-order valence-corrected chi connectivity index (χ1v) is 4.70. The van der Waals surface area contributed by atoms with Crippen LogP contribution in [-0.4, -0.2) is 4.53 Å². The number of benzene rings is 1. The fraction of sp³-hybridized carbons (Fsp3) is 0. The molecule has 1 aromatic rings. The van der Waals surface area contributed by atoms with Gasteiger partial charge in [-0.2, -0.15) is 4.53 Å². The zero-order valence-electron chi connectivity index (χ0n) is 6.67. The van der Waals surface area contributed by atoms with Gasteiger partial charge in [-0.15, -0.1) is 0 Å². The van der Waals surface area contributed by atoms with Crippen molar-refractivity contribution in [1.82, 2.24) is 14.9 Å². The Morgan fingerprint density at radius 3 is 2.64 bits per heavy atom. The van der Waals surface area contributed by atoms with Gasteiger partial charge < -0.3 is 5.21 Å². The Labute approximate surface area is 94.2 Å². The summed E-state index contributed by atoms with van der Waals surface area (Å²) in [6.45, 7) is 0. The van der Waals surface area contributed by atoms with E-state index in [1.807, 2.05) is 0 Å².